The van der Waals surface area contributed by atoms with Crippen LogP contribution in [0.15, 0.2) is 48.9 Å². The monoisotopic (exact) mass is 820 g/mol. The number of amides is 1. The van der Waals surface area contributed by atoms with Gasteiger partial charge < -0.3 is 25.1 Å². The molecular formula is C42H48F4N8O5. The van der Waals surface area contributed by atoms with Gasteiger partial charge in [-0.15, -0.1) is 0 Å². The van der Waals surface area contributed by atoms with Gasteiger partial charge in [0.25, 0.3) is 0 Å². The lowest BCUT2D eigenvalue weighted by Gasteiger charge is -2.43. The van der Waals surface area contributed by atoms with Crippen LogP contribution in [0.2, 0.25) is 0 Å². The van der Waals surface area contributed by atoms with Gasteiger partial charge in [-0.05, 0) is 62.8 Å². The summed E-state index contributed by atoms with van der Waals surface area (Å²) >= 11 is 0. The first-order valence-corrected chi connectivity index (χ1v) is 19.4. The van der Waals surface area contributed by atoms with Gasteiger partial charge in [-0.2, -0.15) is 18.3 Å². The van der Waals surface area contributed by atoms with Crippen LogP contribution in [0.5, 0.6) is 0 Å². The normalized spacial score (nSPS) is 14.3. The number of nitrogens with two attached hydrogens (primary N) is 1. The number of benzene rings is 2. The van der Waals surface area contributed by atoms with E-state index >= 15 is 4.39 Å². The van der Waals surface area contributed by atoms with Crippen molar-refractivity contribution in [1.82, 2.24) is 29.6 Å². The average Bonchev–Trinajstić information content (AvgIpc) is 3.82. The molecule has 0 aliphatic carbocycles. The Morgan fingerprint density at radius 3 is 2.24 bits per heavy atom. The van der Waals surface area contributed by atoms with Crippen molar-refractivity contribution in [2.75, 3.05) is 25.0 Å². The molecule has 0 fully saturated rings. The largest absolute Gasteiger partial charge is 0.444 e. The fraction of sp³-hybridized carbons (Fsp3) is 0.429. The van der Waals surface area contributed by atoms with Crippen molar-refractivity contribution in [3.63, 3.8) is 0 Å². The summed E-state index contributed by atoms with van der Waals surface area (Å²) in [5, 5.41) is 5.41. The Morgan fingerprint density at radius 1 is 1.03 bits per heavy atom. The fourth-order valence-electron chi connectivity index (χ4n) is 7.88. The molecule has 4 heterocycles. The molecule has 1 amide bonds. The Labute approximate surface area is 338 Å². The molecule has 0 saturated carbocycles. The zero-order valence-corrected chi connectivity index (χ0v) is 34.3. The summed E-state index contributed by atoms with van der Waals surface area (Å²) in [4.78, 5) is 54.8. The first-order valence-electron chi connectivity index (χ1n) is 19.4. The van der Waals surface area contributed by atoms with Gasteiger partial charge in [-0.3, -0.25) is 9.69 Å². The van der Waals surface area contributed by atoms with Crippen LogP contribution in [-0.4, -0.2) is 73.4 Å². The lowest BCUT2D eigenvalue weighted by Crippen LogP contribution is -2.58. The highest BCUT2D eigenvalue weighted by atomic mass is 19.4. The Balaban J connectivity index is 1.65. The van der Waals surface area contributed by atoms with Crippen molar-refractivity contribution >= 4 is 34.9 Å². The number of rotatable bonds is 10. The van der Waals surface area contributed by atoms with Gasteiger partial charge in [-0.25, -0.2) is 28.6 Å². The maximum absolute atomic E-state index is 17.8. The van der Waals surface area contributed by atoms with Crippen LogP contribution in [-0.2, 0) is 56.6 Å². The van der Waals surface area contributed by atoms with Gasteiger partial charge in [0.1, 0.15) is 11.4 Å². The minimum atomic E-state index is -4.62. The van der Waals surface area contributed by atoms with E-state index in [0.29, 0.717) is 48.1 Å². The maximum Gasteiger partial charge on any atom is 0.419 e. The highest BCUT2D eigenvalue weighted by molar-refractivity contribution is 6.03. The second kappa shape index (κ2) is 16.1. The number of nitrogens with zero attached hydrogens (tertiary/aromatic N) is 6. The second-order valence-electron chi connectivity index (χ2n) is 15.7. The molecule has 6 rings (SSSR count). The first-order chi connectivity index (χ1) is 27.8. The van der Waals surface area contributed by atoms with E-state index in [9.17, 15) is 27.6 Å². The number of aromatic amines is 1. The third kappa shape index (κ3) is 7.75. The number of aromatic nitrogens is 5. The summed E-state index contributed by atoms with van der Waals surface area (Å²) < 4.78 is 70.7. The summed E-state index contributed by atoms with van der Waals surface area (Å²) in [6, 6.07) is 8.70. The molecule has 2 aromatic carbocycles. The van der Waals surface area contributed by atoms with E-state index in [-0.39, 0.29) is 29.1 Å². The highest BCUT2D eigenvalue weighted by Crippen LogP contribution is 2.46. The Kier molecular flexibility index (Phi) is 11.6. The quantitative estimate of drug-likeness (QED) is 0.0825. The standard InChI is InChI=1S/C42H48F4N8O5/c1-9-24-12-11-13-25(10-2)35(24)54-36(28-22-53(17-15-31(28)51-54)38-49-20-26(21-50-38)42(44,45)46)33-27-14-16-48-34(27)29(18-30(33)43)41(23(3)4,37(56)58-32(55)19-47)52(8)39(57)59-40(5,6)7/h11-14,16,18,20-21,23,48H,9-10,15,17,19,22,47H2,1-8H3/t41-/m1/s1. The number of H-pyrrole nitrogens is 1. The number of carbonyl (C=O) groups excluding carboxylic acids is 3. The van der Waals surface area contributed by atoms with Gasteiger partial charge in [0.05, 0.1) is 34.7 Å². The molecule has 1 aliphatic rings. The number of nitrogens with one attached hydrogen (secondary N) is 1. The molecule has 1 aliphatic heterocycles. The van der Waals surface area contributed by atoms with Gasteiger partial charge >= 0.3 is 24.2 Å². The smallest absolute Gasteiger partial charge is 0.419 e. The van der Waals surface area contributed by atoms with Crippen LogP contribution in [0, 0.1) is 11.7 Å². The molecule has 3 N–H and O–H groups in total. The van der Waals surface area contributed by atoms with Crippen molar-refractivity contribution in [2.24, 2.45) is 11.7 Å². The topological polar surface area (TPSA) is 162 Å². The number of halogens is 4. The number of esters is 2. The number of para-hydroxylation sites is 1. The van der Waals surface area contributed by atoms with Crippen LogP contribution in [0.1, 0.15) is 82.0 Å². The molecule has 1 atom stereocenters. The van der Waals surface area contributed by atoms with Crippen LogP contribution < -0.4 is 10.6 Å². The van der Waals surface area contributed by atoms with Crippen LogP contribution in [0.3, 0.4) is 0 Å². The van der Waals surface area contributed by atoms with E-state index in [1.165, 1.54) is 7.05 Å². The molecule has 314 valence electrons. The predicted molar refractivity (Wildman–Crippen MR) is 212 cm³/mol. The fourth-order valence-corrected chi connectivity index (χ4v) is 7.88. The molecule has 0 unspecified atom stereocenters. The maximum atomic E-state index is 17.8. The third-order valence-corrected chi connectivity index (χ3v) is 10.6. The Morgan fingerprint density at radius 2 is 1.68 bits per heavy atom. The molecule has 3 aromatic heterocycles. The molecule has 0 bridgehead atoms. The molecule has 5 aromatic rings. The van der Waals surface area contributed by atoms with Crippen LogP contribution in [0.4, 0.5) is 28.3 Å². The number of ether oxygens (including phenoxy) is 2. The third-order valence-electron chi connectivity index (χ3n) is 10.6. The molecule has 0 saturated heterocycles. The molecule has 17 heteroatoms. The van der Waals surface area contributed by atoms with Crippen molar-refractivity contribution in [1.29, 1.82) is 0 Å². The number of anilines is 1. The van der Waals surface area contributed by atoms with E-state index in [0.717, 1.165) is 40.2 Å². The number of carbonyl (C=O) groups is 3. The zero-order chi connectivity index (χ0) is 43.2. The number of fused-ring (bicyclic) bond motifs is 2. The summed E-state index contributed by atoms with van der Waals surface area (Å²) in [6.07, 6.45) is -0.944. The number of aryl methyl sites for hydroxylation is 2. The molecule has 0 radical (unpaired) electrons. The van der Waals surface area contributed by atoms with Crippen molar-refractivity contribution in [3.8, 4) is 16.9 Å². The van der Waals surface area contributed by atoms with Gasteiger partial charge in [0.15, 0.2) is 5.54 Å². The second-order valence-corrected chi connectivity index (χ2v) is 15.7. The van der Waals surface area contributed by atoms with Crippen molar-refractivity contribution in [3.05, 3.63) is 88.3 Å². The molecular weight excluding hydrogens is 773 g/mol. The summed E-state index contributed by atoms with van der Waals surface area (Å²) in [6.45, 7) is 12.0. The van der Waals surface area contributed by atoms with E-state index in [2.05, 4.69) is 15.0 Å². The van der Waals surface area contributed by atoms with Crippen LogP contribution >= 0.6 is 0 Å². The molecule has 0 spiro atoms. The molecule has 59 heavy (non-hydrogen) atoms. The van der Waals surface area contributed by atoms with Crippen molar-refractivity contribution in [2.45, 2.75) is 91.6 Å². The summed E-state index contributed by atoms with van der Waals surface area (Å²) in [5.41, 5.74) is 6.02. The lowest BCUT2D eigenvalue weighted by molar-refractivity contribution is -0.170. The van der Waals surface area contributed by atoms with E-state index < -0.39 is 59.2 Å². The van der Waals surface area contributed by atoms with Gasteiger partial charge in [-0.1, -0.05) is 45.9 Å². The number of hydrogen-bond acceptors (Lipinski definition) is 10. The minimum absolute atomic E-state index is 0.0140. The van der Waals surface area contributed by atoms with E-state index in [1.54, 1.807) is 56.5 Å². The average molecular weight is 821 g/mol. The minimum Gasteiger partial charge on any atom is -0.444 e. The van der Waals surface area contributed by atoms with Gasteiger partial charge in [0, 0.05) is 67.2 Å². The summed E-state index contributed by atoms with van der Waals surface area (Å²) in [5.74, 6) is -3.81. The van der Waals surface area contributed by atoms with E-state index in [4.69, 9.17) is 20.3 Å². The SMILES string of the molecule is CCc1cccc(CC)c1-n1nc2c(c1-c1c(F)cc([C@@](C(=O)OC(=O)CN)(C(C)C)N(C)C(=O)OC(C)(C)C)c3[nH]ccc13)CN(c1ncc(C(F)(F)F)cn1)CC2. The van der Waals surface area contributed by atoms with Crippen molar-refractivity contribution < 1.29 is 41.4 Å². The van der Waals surface area contributed by atoms with Crippen LogP contribution in [0.25, 0.3) is 27.8 Å². The number of hydrogen-bond donors (Lipinski definition) is 2. The number of likely N-dealkylation sites (N-methyl/N-ethyl adjacent to an activating group) is 1. The zero-order valence-electron chi connectivity index (χ0n) is 34.3. The lowest BCUT2D eigenvalue weighted by atomic mass is 9.76. The first kappa shape index (κ1) is 42.8. The molecule has 13 nitrogen and oxygen atoms in total. The Bertz CT molecular complexity index is 2380. The Hall–Kier alpha value is -5.84. The van der Waals surface area contributed by atoms with E-state index in [1.807, 2.05) is 32.0 Å². The predicted octanol–water partition coefficient (Wildman–Crippen LogP) is 7.40. The number of alkyl halides is 3. The summed E-state index contributed by atoms with van der Waals surface area (Å²) in [7, 11) is 1.32. The highest BCUT2D eigenvalue weighted by Gasteiger charge is 2.54. The van der Waals surface area contributed by atoms with Gasteiger partial charge in [0.2, 0.25) is 5.95 Å².